The maximum atomic E-state index is 12.7. The molecule has 11 nitrogen and oxygen atoms in total. The van der Waals surface area contributed by atoms with Crippen LogP contribution in [-0.4, -0.2) is 62.4 Å². The van der Waals surface area contributed by atoms with E-state index in [4.69, 9.17) is 9.47 Å². The lowest BCUT2D eigenvalue weighted by Gasteiger charge is -2.16. The largest absolute Gasteiger partial charge is 0.445 e. The van der Waals surface area contributed by atoms with Crippen molar-refractivity contribution in [2.75, 3.05) is 6.61 Å². The number of amides is 1. The summed E-state index contributed by atoms with van der Waals surface area (Å²) in [6, 6.07) is 9.76. The Morgan fingerprint density at radius 3 is 2.65 bits per heavy atom. The SMILES string of the molecule is CCC(NC(=O)OCc1ccccc1)C(=O)Cn1nnc(CCc2nccn2COCC[Si](C)(C)C)n1. The number of imidazole rings is 1. The normalized spacial score (nSPS) is 12.3. The predicted octanol–water partition coefficient (Wildman–Crippen LogP) is 3.24. The first-order chi connectivity index (χ1) is 17.7. The maximum Gasteiger partial charge on any atom is 0.408 e. The van der Waals surface area contributed by atoms with Crippen LogP contribution in [0.25, 0.3) is 0 Å². The molecule has 1 N–H and O–H groups in total. The average molecular weight is 528 g/mol. The first kappa shape index (κ1) is 28.2. The number of hydrogen-bond donors (Lipinski definition) is 1. The monoisotopic (exact) mass is 527 g/mol. The molecule has 0 radical (unpaired) electrons. The number of tetrazole rings is 1. The molecule has 1 amide bonds. The average Bonchev–Trinajstić information content (AvgIpc) is 3.51. The number of hydrogen-bond acceptors (Lipinski definition) is 8. The second kappa shape index (κ2) is 13.8. The number of ketones is 1. The number of aromatic nitrogens is 6. The first-order valence-electron chi connectivity index (χ1n) is 12.6. The molecule has 3 rings (SSSR count). The molecule has 0 saturated carbocycles. The number of Topliss-reactive ketones (excluding diaryl/α,β-unsaturated/α-hetero) is 1. The van der Waals surface area contributed by atoms with Crippen molar-refractivity contribution in [3.63, 3.8) is 0 Å². The quantitative estimate of drug-likeness (QED) is 0.236. The van der Waals surface area contributed by atoms with Crippen molar-refractivity contribution in [3.8, 4) is 0 Å². The molecule has 0 aliphatic carbocycles. The van der Waals surface area contributed by atoms with Crippen molar-refractivity contribution >= 4 is 20.0 Å². The van der Waals surface area contributed by atoms with Crippen LogP contribution in [-0.2, 0) is 47.0 Å². The van der Waals surface area contributed by atoms with Gasteiger partial charge in [0.2, 0.25) is 0 Å². The highest BCUT2D eigenvalue weighted by atomic mass is 28.3. The summed E-state index contributed by atoms with van der Waals surface area (Å²) in [5.74, 6) is 1.17. The number of rotatable bonds is 15. The first-order valence-corrected chi connectivity index (χ1v) is 16.3. The van der Waals surface area contributed by atoms with Crippen LogP contribution in [0.15, 0.2) is 42.7 Å². The van der Waals surface area contributed by atoms with Crippen LogP contribution >= 0.6 is 0 Å². The highest BCUT2D eigenvalue weighted by molar-refractivity contribution is 6.76. The Labute approximate surface area is 218 Å². The lowest BCUT2D eigenvalue weighted by atomic mass is 10.1. The zero-order valence-corrected chi connectivity index (χ0v) is 23.1. The van der Waals surface area contributed by atoms with Gasteiger partial charge in [0.25, 0.3) is 0 Å². The minimum Gasteiger partial charge on any atom is -0.445 e. The van der Waals surface area contributed by atoms with Gasteiger partial charge in [-0.25, -0.2) is 9.78 Å². The summed E-state index contributed by atoms with van der Waals surface area (Å²) in [6.45, 7) is 10.0. The van der Waals surface area contributed by atoms with Crippen molar-refractivity contribution in [1.29, 1.82) is 0 Å². The van der Waals surface area contributed by atoms with E-state index in [1.807, 2.05) is 48.0 Å². The third-order valence-corrected chi connectivity index (χ3v) is 7.40. The lowest BCUT2D eigenvalue weighted by Crippen LogP contribution is -2.42. The van der Waals surface area contributed by atoms with Gasteiger partial charge in [0.15, 0.2) is 11.6 Å². The van der Waals surface area contributed by atoms with Crippen LogP contribution in [0.4, 0.5) is 4.79 Å². The van der Waals surface area contributed by atoms with Gasteiger partial charge < -0.3 is 19.4 Å². The molecular weight excluding hydrogens is 490 g/mol. The minimum absolute atomic E-state index is 0.0932. The molecule has 0 bridgehead atoms. The van der Waals surface area contributed by atoms with Crippen molar-refractivity contribution < 1.29 is 19.1 Å². The summed E-state index contributed by atoms with van der Waals surface area (Å²) in [7, 11) is -1.12. The van der Waals surface area contributed by atoms with Crippen LogP contribution in [0.2, 0.25) is 25.7 Å². The van der Waals surface area contributed by atoms with Crippen molar-refractivity contribution in [2.45, 2.75) is 77.8 Å². The molecule has 0 aliphatic heterocycles. The van der Waals surface area contributed by atoms with E-state index in [-0.39, 0.29) is 18.9 Å². The molecule has 3 aromatic rings. The second-order valence-corrected chi connectivity index (χ2v) is 15.7. The molecule has 37 heavy (non-hydrogen) atoms. The van der Waals surface area contributed by atoms with Crippen LogP contribution < -0.4 is 5.32 Å². The Balaban J connectivity index is 1.43. The zero-order valence-electron chi connectivity index (χ0n) is 22.1. The fraction of sp³-hybridized carbons (Fsp3) is 0.520. The van der Waals surface area contributed by atoms with E-state index in [2.05, 4.69) is 45.4 Å². The van der Waals surface area contributed by atoms with Crippen LogP contribution in [0, 0.1) is 0 Å². The molecule has 2 heterocycles. The van der Waals surface area contributed by atoms with Crippen molar-refractivity contribution in [2.24, 2.45) is 0 Å². The van der Waals surface area contributed by atoms with E-state index >= 15 is 0 Å². The Kier molecular flexibility index (Phi) is 10.5. The number of carbonyl (C=O) groups excluding carboxylic acids is 2. The summed E-state index contributed by atoms with van der Waals surface area (Å²) in [5.41, 5.74) is 0.869. The summed E-state index contributed by atoms with van der Waals surface area (Å²) in [5, 5.41) is 15.0. The maximum absolute atomic E-state index is 12.7. The van der Waals surface area contributed by atoms with E-state index in [1.54, 1.807) is 6.20 Å². The third kappa shape index (κ3) is 9.88. The second-order valence-electron chi connectivity index (χ2n) is 10.0. The van der Waals surface area contributed by atoms with Gasteiger partial charge in [-0.05, 0) is 23.2 Å². The smallest absolute Gasteiger partial charge is 0.408 e. The number of carbonyl (C=O) groups is 2. The Bertz CT molecular complexity index is 1130. The molecular formula is C25H37N7O4Si. The number of benzene rings is 1. The van der Waals surface area contributed by atoms with E-state index in [1.165, 1.54) is 4.80 Å². The number of ether oxygens (including phenoxy) is 2. The van der Waals surface area contributed by atoms with E-state index < -0.39 is 20.2 Å². The van der Waals surface area contributed by atoms with Crippen LogP contribution in [0.5, 0.6) is 0 Å². The number of alkyl carbamates (subject to hydrolysis) is 1. The molecule has 0 spiro atoms. The van der Waals surface area contributed by atoms with Gasteiger partial charge in [-0.3, -0.25) is 4.79 Å². The fourth-order valence-electron chi connectivity index (χ4n) is 3.46. The Hall–Kier alpha value is -3.38. The molecule has 1 unspecified atom stereocenters. The van der Waals surface area contributed by atoms with E-state index in [0.29, 0.717) is 31.8 Å². The van der Waals surface area contributed by atoms with Gasteiger partial charge in [-0.15, -0.1) is 10.2 Å². The fourth-order valence-corrected chi connectivity index (χ4v) is 4.22. The van der Waals surface area contributed by atoms with Gasteiger partial charge in [-0.2, -0.15) is 4.80 Å². The predicted molar refractivity (Wildman–Crippen MR) is 140 cm³/mol. The Morgan fingerprint density at radius 2 is 1.92 bits per heavy atom. The number of nitrogens with one attached hydrogen (secondary N) is 1. The zero-order chi connectivity index (χ0) is 26.7. The molecule has 200 valence electrons. The molecule has 2 aromatic heterocycles. The van der Waals surface area contributed by atoms with Crippen LogP contribution in [0.1, 0.15) is 30.6 Å². The van der Waals surface area contributed by atoms with Gasteiger partial charge in [0.1, 0.15) is 25.7 Å². The number of nitrogens with zero attached hydrogens (tertiary/aromatic N) is 6. The summed E-state index contributed by atoms with van der Waals surface area (Å²) in [6.07, 6.45) is 4.58. The highest BCUT2D eigenvalue weighted by Gasteiger charge is 2.21. The van der Waals surface area contributed by atoms with Gasteiger partial charge in [0, 0.05) is 39.9 Å². The topological polar surface area (TPSA) is 126 Å². The summed E-state index contributed by atoms with van der Waals surface area (Å²) >= 11 is 0. The lowest BCUT2D eigenvalue weighted by molar-refractivity contribution is -0.122. The standard InChI is InChI=1S/C25H37N7O4Si/c1-5-21(27-25(34)36-18-20-9-7-6-8-10-20)22(33)17-32-29-23(28-30-32)11-12-24-26-13-14-31(24)19-35-15-16-37(2,3)4/h6-10,13-14,21H,5,11-12,15-19H2,1-4H3,(H,27,34). The highest BCUT2D eigenvalue weighted by Crippen LogP contribution is 2.09. The van der Waals surface area contributed by atoms with Gasteiger partial charge in [-0.1, -0.05) is 56.9 Å². The summed E-state index contributed by atoms with van der Waals surface area (Å²) < 4.78 is 13.0. The van der Waals surface area contributed by atoms with E-state index in [0.717, 1.165) is 24.0 Å². The molecule has 0 fully saturated rings. The van der Waals surface area contributed by atoms with Crippen LogP contribution in [0.3, 0.4) is 0 Å². The molecule has 1 atom stereocenters. The van der Waals surface area contributed by atoms with Crippen molar-refractivity contribution in [1.82, 2.24) is 35.1 Å². The number of aryl methyl sites for hydroxylation is 2. The minimum atomic E-state index is -1.12. The summed E-state index contributed by atoms with van der Waals surface area (Å²) in [4.78, 5) is 30.5. The van der Waals surface area contributed by atoms with Gasteiger partial charge >= 0.3 is 6.09 Å². The Morgan fingerprint density at radius 1 is 1.14 bits per heavy atom. The van der Waals surface area contributed by atoms with E-state index in [9.17, 15) is 9.59 Å². The molecule has 12 heteroatoms. The molecule has 0 aliphatic rings. The van der Waals surface area contributed by atoms with Gasteiger partial charge in [0.05, 0.1) is 6.04 Å². The molecule has 1 aromatic carbocycles. The van der Waals surface area contributed by atoms with Crippen molar-refractivity contribution in [3.05, 3.63) is 59.9 Å². The molecule has 0 saturated heterocycles. The third-order valence-electron chi connectivity index (χ3n) is 5.69.